The summed E-state index contributed by atoms with van der Waals surface area (Å²) in [6.45, 7) is -0.253. The van der Waals surface area contributed by atoms with Crippen LogP contribution in [0.1, 0.15) is 5.56 Å². The standard InChI is InChI=1S/C23H20INO5/c24-19-8-4-5-9-21(19)30-18-12-10-16(11-13-18)14-20(23(27)28)25-22(26)15-29-17-6-2-1-3-7-17/h1-14,23,27-28H,15H2,(H,25,26)/b20-14-. The van der Waals surface area contributed by atoms with Crippen molar-refractivity contribution < 1.29 is 24.5 Å². The topological polar surface area (TPSA) is 88.0 Å². The number of carbonyl (C=O) groups excluding carboxylic acids is 1. The van der Waals surface area contributed by atoms with Gasteiger partial charge >= 0.3 is 0 Å². The van der Waals surface area contributed by atoms with Crippen molar-refractivity contribution in [1.29, 1.82) is 0 Å². The number of hydrogen-bond acceptors (Lipinski definition) is 5. The number of benzene rings is 3. The number of aliphatic hydroxyl groups is 2. The number of para-hydroxylation sites is 2. The average molecular weight is 517 g/mol. The molecule has 0 aromatic heterocycles. The molecule has 0 radical (unpaired) electrons. The molecule has 0 spiro atoms. The molecule has 1 amide bonds. The molecule has 30 heavy (non-hydrogen) atoms. The van der Waals surface area contributed by atoms with Crippen LogP contribution in [0.2, 0.25) is 0 Å². The van der Waals surface area contributed by atoms with Crippen molar-refractivity contribution in [2.75, 3.05) is 6.61 Å². The van der Waals surface area contributed by atoms with E-state index in [2.05, 4.69) is 27.9 Å². The molecule has 0 fully saturated rings. The third kappa shape index (κ3) is 6.58. The van der Waals surface area contributed by atoms with E-state index < -0.39 is 12.2 Å². The lowest BCUT2D eigenvalue weighted by Crippen LogP contribution is -2.33. The molecule has 0 aliphatic heterocycles. The number of aliphatic hydroxyl groups excluding tert-OH is 1. The average Bonchev–Trinajstić information content (AvgIpc) is 2.75. The van der Waals surface area contributed by atoms with E-state index in [1.54, 1.807) is 48.5 Å². The second-order valence-corrected chi connectivity index (χ2v) is 7.39. The lowest BCUT2D eigenvalue weighted by Gasteiger charge is -2.13. The van der Waals surface area contributed by atoms with Crippen LogP contribution in [0.5, 0.6) is 17.2 Å². The Bertz CT molecular complexity index is 1000. The maximum Gasteiger partial charge on any atom is 0.262 e. The number of hydrogen-bond donors (Lipinski definition) is 3. The molecule has 0 aliphatic rings. The molecule has 3 N–H and O–H groups in total. The Morgan fingerprint density at radius 2 is 1.60 bits per heavy atom. The molecule has 0 bridgehead atoms. The number of halogens is 1. The second kappa shape index (κ2) is 10.8. The fourth-order valence-corrected chi connectivity index (χ4v) is 3.00. The minimum Gasteiger partial charge on any atom is -0.484 e. The number of ether oxygens (including phenoxy) is 2. The zero-order chi connectivity index (χ0) is 21.3. The van der Waals surface area contributed by atoms with Crippen LogP contribution in [0.15, 0.2) is 84.6 Å². The minimum absolute atomic E-state index is 0.0528. The van der Waals surface area contributed by atoms with Crippen molar-refractivity contribution in [3.63, 3.8) is 0 Å². The Kier molecular flexibility index (Phi) is 7.83. The maximum absolute atomic E-state index is 12.1. The predicted molar refractivity (Wildman–Crippen MR) is 122 cm³/mol. The third-order valence-electron chi connectivity index (χ3n) is 3.94. The van der Waals surface area contributed by atoms with Crippen molar-refractivity contribution >= 4 is 34.6 Å². The highest BCUT2D eigenvalue weighted by Crippen LogP contribution is 2.26. The predicted octanol–water partition coefficient (Wildman–Crippen LogP) is 3.93. The third-order valence-corrected chi connectivity index (χ3v) is 4.83. The Labute approximate surface area is 187 Å². The summed E-state index contributed by atoms with van der Waals surface area (Å²) in [4.78, 5) is 12.1. The van der Waals surface area contributed by atoms with Crippen LogP contribution in [0.25, 0.3) is 6.08 Å². The molecular formula is C23H20INO5. The van der Waals surface area contributed by atoms with E-state index in [0.29, 0.717) is 17.1 Å². The highest BCUT2D eigenvalue weighted by molar-refractivity contribution is 14.1. The van der Waals surface area contributed by atoms with Gasteiger partial charge in [-0.1, -0.05) is 42.5 Å². The highest BCUT2D eigenvalue weighted by Gasteiger charge is 2.12. The van der Waals surface area contributed by atoms with E-state index in [1.165, 1.54) is 6.08 Å². The number of amides is 1. The van der Waals surface area contributed by atoms with Gasteiger partial charge in [-0.25, -0.2) is 0 Å². The number of nitrogens with one attached hydrogen (secondary N) is 1. The molecule has 0 aliphatic carbocycles. The van der Waals surface area contributed by atoms with Crippen molar-refractivity contribution in [2.45, 2.75) is 6.29 Å². The van der Waals surface area contributed by atoms with Crippen LogP contribution in [-0.4, -0.2) is 29.0 Å². The molecule has 0 unspecified atom stereocenters. The molecule has 3 aromatic rings. The summed E-state index contributed by atoms with van der Waals surface area (Å²) in [6.07, 6.45) is -0.367. The monoisotopic (exact) mass is 517 g/mol. The first-order valence-electron chi connectivity index (χ1n) is 9.09. The number of rotatable bonds is 8. The summed E-state index contributed by atoms with van der Waals surface area (Å²) in [6, 6.07) is 23.6. The van der Waals surface area contributed by atoms with Crippen molar-refractivity contribution in [1.82, 2.24) is 5.32 Å². The fourth-order valence-electron chi connectivity index (χ4n) is 2.50. The molecule has 0 saturated heterocycles. The van der Waals surface area contributed by atoms with Gasteiger partial charge in [-0.2, -0.15) is 0 Å². The van der Waals surface area contributed by atoms with Gasteiger partial charge in [0.05, 0.1) is 9.27 Å². The van der Waals surface area contributed by atoms with Gasteiger partial charge in [0, 0.05) is 0 Å². The molecule has 0 saturated carbocycles. The molecule has 3 aromatic carbocycles. The Hall–Kier alpha value is -2.88. The van der Waals surface area contributed by atoms with Gasteiger partial charge in [-0.05, 0) is 70.6 Å². The largest absolute Gasteiger partial charge is 0.484 e. The lowest BCUT2D eigenvalue weighted by atomic mass is 10.2. The summed E-state index contributed by atoms with van der Waals surface area (Å²) in [5.74, 6) is 1.43. The Morgan fingerprint density at radius 1 is 0.933 bits per heavy atom. The van der Waals surface area contributed by atoms with Gasteiger partial charge < -0.3 is 25.0 Å². The van der Waals surface area contributed by atoms with Gasteiger partial charge in [0.25, 0.3) is 5.91 Å². The van der Waals surface area contributed by atoms with E-state index in [0.717, 1.165) is 9.32 Å². The van der Waals surface area contributed by atoms with Gasteiger partial charge in [0.2, 0.25) is 0 Å². The Balaban J connectivity index is 1.63. The van der Waals surface area contributed by atoms with Crippen LogP contribution in [0.3, 0.4) is 0 Å². The van der Waals surface area contributed by atoms with Crippen LogP contribution >= 0.6 is 22.6 Å². The van der Waals surface area contributed by atoms with Gasteiger partial charge in [0.1, 0.15) is 17.2 Å². The molecule has 6 nitrogen and oxygen atoms in total. The molecular weight excluding hydrogens is 497 g/mol. The summed E-state index contributed by atoms with van der Waals surface area (Å²) in [5.41, 5.74) is 0.612. The Morgan fingerprint density at radius 3 is 2.27 bits per heavy atom. The van der Waals surface area contributed by atoms with Crippen molar-refractivity contribution in [2.24, 2.45) is 0 Å². The quantitative estimate of drug-likeness (QED) is 0.312. The van der Waals surface area contributed by atoms with Crippen molar-refractivity contribution in [3.05, 3.63) is 93.7 Å². The number of carbonyl (C=O) groups is 1. The van der Waals surface area contributed by atoms with E-state index in [4.69, 9.17) is 9.47 Å². The van der Waals surface area contributed by atoms with Crippen LogP contribution < -0.4 is 14.8 Å². The smallest absolute Gasteiger partial charge is 0.262 e. The first kappa shape index (κ1) is 21.8. The molecule has 0 heterocycles. The normalized spacial score (nSPS) is 11.3. The first-order chi connectivity index (χ1) is 14.5. The molecule has 3 rings (SSSR count). The molecule has 7 heteroatoms. The van der Waals surface area contributed by atoms with Gasteiger partial charge in [-0.15, -0.1) is 0 Å². The van der Waals surface area contributed by atoms with Crippen LogP contribution in [0.4, 0.5) is 0 Å². The summed E-state index contributed by atoms with van der Waals surface area (Å²) in [7, 11) is 0. The van der Waals surface area contributed by atoms with E-state index in [-0.39, 0.29) is 12.3 Å². The molecule has 154 valence electrons. The van der Waals surface area contributed by atoms with Crippen LogP contribution in [-0.2, 0) is 4.79 Å². The summed E-state index contributed by atoms with van der Waals surface area (Å²) in [5, 5.41) is 21.6. The van der Waals surface area contributed by atoms with Crippen molar-refractivity contribution in [3.8, 4) is 17.2 Å². The summed E-state index contributed by atoms with van der Waals surface area (Å²) >= 11 is 2.20. The summed E-state index contributed by atoms with van der Waals surface area (Å²) < 4.78 is 12.2. The lowest BCUT2D eigenvalue weighted by molar-refractivity contribution is -0.123. The van der Waals surface area contributed by atoms with Gasteiger partial charge in [-0.3, -0.25) is 4.79 Å². The maximum atomic E-state index is 12.1. The fraction of sp³-hybridized carbons (Fsp3) is 0.0870. The first-order valence-corrected chi connectivity index (χ1v) is 10.2. The van der Waals surface area contributed by atoms with Gasteiger partial charge in [0.15, 0.2) is 12.9 Å². The zero-order valence-electron chi connectivity index (χ0n) is 15.9. The van der Waals surface area contributed by atoms with Crippen LogP contribution in [0, 0.1) is 3.57 Å². The van der Waals surface area contributed by atoms with E-state index in [1.807, 2.05) is 30.3 Å². The van der Waals surface area contributed by atoms with E-state index >= 15 is 0 Å². The second-order valence-electron chi connectivity index (χ2n) is 6.22. The minimum atomic E-state index is -1.84. The highest BCUT2D eigenvalue weighted by atomic mass is 127. The van der Waals surface area contributed by atoms with E-state index in [9.17, 15) is 15.0 Å². The molecule has 0 atom stereocenters. The SMILES string of the molecule is O=C(COc1ccccc1)N/C(=C\c1ccc(Oc2ccccc2I)cc1)C(O)O. The zero-order valence-corrected chi connectivity index (χ0v) is 18.0.